The van der Waals surface area contributed by atoms with E-state index in [2.05, 4.69) is 11.6 Å². The summed E-state index contributed by atoms with van der Waals surface area (Å²) in [6.45, 7) is 0.628. The number of carbonyl (C=O) groups is 1. The molecule has 0 atom stereocenters. The Morgan fingerprint density at radius 2 is 2.05 bits per heavy atom. The first kappa shape index (κ1) is 15.2. The molecular weight excluding hydrogens is 275 g/mol. The first-order chi connectivity index (χ1) is 9.54. The fourth-order valence-corrected chi connectivity index (χ4v) is 3.65. The highest BCUT2D eigenvalue weighted by Crippen LogP contribution is 2.37. The molecule has 3 nitrogen and oxygen atoms in total. The number of benzene rings is 1. The van der Waals surface area contributed by atoms with Crippen LogP contribution in [0, 0.1) is 5.82 Å². The van der Waals surface area contributed by atoms with Crippen molar-refractivity contribution in [2.75, 3.05) is 18.5 Å². The van der Waals surface area contributed by atoms with Crippen molar-refractivity contribution in [2.45, 2.75) is 36.9 Å². The molecule has 1 amide bonds. The molecule has 0 radical (unpaired) electrons. The minimum absolute atomic E-state index is 0.132. The van der Waals surface area contributed by atoms with E-state index in [1.807, 2.05) is 11.8 Å². The Labute approximate surface area is 123 Å². The number of thioether (sulfide) groups is 1. The van der Waals surface area contributed by atoms with Crippen LogP contribution in [0.25, 0.3) is 0 Å². The maximum atomic E-state index is 13.3. The van der Waals surface area contributed by atoms with Gasteiger partial charge in [0, 0.05) is 22.5 Å². The Bertz CT molecular complexity index is 467. The highest BCUT2D eigenvalue weighted by Gasteiger charge is 2.31. The summed E-state index contributed by atoms with van der Waals surface area (Å²) < 4.78 is 13.4. The van der Waals surface area contributed by atoms with Crippen molar-refractivity contribution in [1.29, 1.82) is 0 Å². The predicted octanol–water partition coefficient (Wildman–Crippen LogP) is 3.20. The lowest BCUT2D eigenvalue weighted by molar-refractivity contribution is 0.0946. The van der Waals surface area contributed by atoms with Gasteiger partial charge in [0.2, 0.25) is 0 Å². The number of halogens is 1. The van der Waals surface area contributed by atoms with Crippen molar-refractivity contribution in [3.05, 3.63) is 29.6 Å². The summed E-state index contributed by atoms with van der Waals surface area (Å²) in [5.41, 5.74) is 6.12. The van der Waals surface area contributed by atoms with Gasteiger partial charge >= 0.3 is 0 Å². The summed E-state index contributed by atoms with van der Waals surface area (Å²) in [6.07, 6.45) is 8.04. The minimum Gasteiger partial charge on any atom is -0.399 e. The smallest absolute Gasteiger partial charge is 0.251 e. The van der Waals surface area contributed by atoms with Crippen LogP contribution in [0.1, 0.15) is 42.5 Å². The highest BCUT2D eigenvalue weighted by molar-refractivity contribution is 8.00. The van der Waals surface area contributed by atoms with E-state index in [1.54, 1.807) is 0 Å². The van der Waals surface area contributed by atoms with E-state index in [9.17, 15) is 9.18 Å². The third-order valence-corrected chi connectivity index (χ3v) is 5.37. The molecule has 0 unspecified atom stereocenters. The van der Waals surface area contributed by atoms with E-state index in [0.717, 1.165) is 12.8 Å². The van der Waals surface area contributed by atoms with Crippen LogP contribution in [0.3, 0.4) is 0 Å². The number of hydrogen-bond acceptors (Lipinski definition) is 3. The number of hydrogen-bond donors (Lipinski definition) is 2. The van der Waals surface area contributed by atoms with Crippen LogP contribution < -0.4 is 11.1 Å². The van der Waals surface area contributed by atoms with Gasteiger partial charge < -0.3 is 11.1 Å². The second kappa shape index (κ2) is 6.48. The summed E-state index contributed by atoms with van der Waals surface area (Å²) in [7, 11) is 0. The summed E-state index contributed by atoms with van der Waals surface area (Å²) >= 11 is 1.82. The third-order valence-electron chi connectivity index (χ3n) is 3.95. The van der Waals surface area contributed by atoms with Crippen LogP contribution >= 0.6 is 11.8 Å². The van der Waals surface area contributed by atoms with Gasteiger partial charge in [-0.05, 0) is 37.3 Å². The van der Waals surface area contributed by atoms with Crippen molar-refractivity contribution in [3.63, 3.8) is 0 Å². The second-order valence-electron chi connectivity index (χ2n) is 5.40. The molecule has 0 heterocycles. The molecular formula is C15H21FN2OS. The molecule has 1 saturated carbocycles. The minimum atomic E-state index is -0.479. The fraction of sp³-hybridized carbons (Fsp3) is 0.533. The molecule has 5 heteroatoms. The summed E-state index contributed by atoms with van der Waals surface area (Å²) in [4.78, 5) is 12.1. The molecule has 1 aliphatic rings. The van der Waals surface area contributed by atoms with E-state index >= 15 is 0 Å². The standard InChI is InChI=1S/C15H21FN2OS/c1-20-15(5-3-2-4-6-15)10-18-14(19)11-7-12(16)9-13(17)8-11/h7-9H,2-6,10,17H2,1H3,(H,18,19). The van der Waals surface area contributed by atoms with Gasteiger partial charge in [0.05, 0.1) is 0 Å². The third kappa shape index (κ3) is 3.66. The maximum Gasteiger partial charge on any atom is 0.251 e. The molecule has 2 rings (SSSR count). The van der Waals surface area contributed by atoms with Crippen LogP contribution in [0.4, 0.5) is 10.1 Å². The second-order valence-corrected chi connectivity index (χ2v) is 6.68. The molecule has 110 valence electrons. The van der Waals surface area contributed by atoms with Crippen LogP contribution in [0.15, 0.2) is 18.2 Å². The SMILES string of the molecule is CSC1(CNC(=O)c2cc(N)cc(F)c2)CCCCC1. The van der Waals surface area contributed by atoms with Gasteiger partial charge in [0.25, 0.3) is 5.91 Å². The number of rotatable bonds is 4. The van der Waals surface area contributed by atoms with Gasteiger partial charge in [0.1, 0.15) is 5.82 Å². The molecule has 1 aromatic rings. The van der Waals surface area contributed by atoms with E-state index in [1.165, 1.54) is 37.5 Å². The predicted molar refractivity (Wildman–Crippen MR) is 82.5 cm³/mol. The average Bonchev–Trinajstić information content (AvgIpc) is 2.45. The fourth-order valence-electron chi connectivity index (χ4n) is 2.74. The number of nitrogen functional groups attached to an aromatic ring is 1. The van der Waals surface area contributed by atoms with Crippen molar-refractivity contribution < 1.29 is 9.18 Å². The van der Waals surface area contributed by atoms with Crippen molar-refractivity contribution >= 4 is 23.4 Å². The zero-order chi connectivity index (χ0) is 14.6. The number of anilines is 1. The van der Waals surface area contributed by atoms with Gasteiger partial charge in [-0.1, -0.05) is 19.3 Å². The van der Waals surface area contributed by atoms with Crippen molar-refractivity contribution in [3.8, 4) is 0 Å². The largest absolute Gasteiger partial charge is 0.399 e. The topological polar surface area (TPSA) is 55.1 Å². The van der Waals surface area contributed by atoms with Crippen LogP contribution in [-0.2, 0) is 0 Å². The Hall–Kier alpha value is -1.23. The molecule has 0 spiro atoms. The Balaban J connectivity index is 2.00. The van der Waals surface area contributed by atoms with Crippen LogP contribution in [0.5, 0.6) is 0 Å². The van der Waals surface area contributed by atoms with Gasteiger partial charge in [-0.15, -0.1) is 0 Å². The molecule has 0 bridgehead atoms. The Kier molecular flexibility index (Phi) is 4.91. The summed E-state index contributed by atoms with van der Waals surface area (Å²) in [6, 6.07) is 3.94. The molecule has 1 aliphatic carbocycles. The lowest BCUT2D eigenvalue weighted by atomic mass is 9.88. The molecule has 1 aromatic carbocycles. The van der Waals surface area contributed by atoms with Crippen LogP contribution in [0.2, 0.25) is 0 Å². The zero-order valence-corrected chi connectivity index (χ0v) is 12.6. The molecule has 0 aromatic heterocycles. The number of amides is 1. The number of carbonyl (C=O) groups excluding carboxylic acids is 1. The average molecular weight is 296 g/mol. The molecule has 0 aliphatic heterocycles. The van der Waals surface area contributed by atoms with Gasteiger partial charge in [0.15, 0.2) is 0 Å². The lowest BCUT2D eigenvalue weighted by Crippen LogP contribution is -2.41. The quantitative estimate of drug-likeness (QED) is 0.839. The Morgan fingerprint density at radius 1 is 1.35 bits per heavy atom. The molecule has 1 fully saturated rings. The number of nitrogens with one attached hydrogen (secondary N) is 1. The molecule has 20 heavy (non-hydrogen) atoms. The first-order valence-electron chi connectivity index (χ1n) is 6.94. The molecule has 0 saturated heterocycles. The number of nitrogens with two attached hydrogens (primary N) is 1. The van der Waals surface area contributed by atoms with Crippen molar-refractivity contribution in [2.24, 2.45) is 0 Å². The maximum absolute atomic E-state index is 13.3. The summed E-state index contributed by atoms with van der Waals surface area (Å²) in [5, 5.41) is 2.93. The Morgan fingerprint density at radius 3 is 2.65 bits per heavy atom. The van der Waals surface area contributed by atoms with Gasteiger partial charge in [-0.25, -0.2) is 4.39 Å². The van der Waals surface area contributed by atoms with Crippen molar-refractivity contribution in [1.82, 2.24) is 5.32 Å². The van der Waals surface area contributed by atoms with E-state index in [4.69, 9.17) is 5.73 Å². The summed E-state index contributed by atoms with van der Waals surface area (Å²) in [5.74, 6) is -0.734. The van der Waals surface area contributed by atoms with E-state index in [-0.39, 0.29) is 21.9 Å². The normalized spacial score (nSPS) is 17.7. The monoisotopic (exact) mass is 296 g/mol. The lowest BCUT2D eigenvalue weighted by Gasteiger charge is -2.35. The molecule has 3 N–H and O–H groups in total. The highest BCUT2D eigenvalue weighted by atomic mass is 32.2. The van der Waals surface area contributed by atoms with Gasteiger partial charge in [-0.2, -0.15) is 11.8 Å². The first-order valence-corrected chi connectivity index (χ1v) is 8.17. The van der Waals surface area contributed by atoms with E-state index < -0.39 is 5.82 Å². The zero-order valence-electron chi connectivity index (χ0n) is 11.7. The van der Waals surface area contributed by atoms with E-state index in [0.29, 0.717) is 6.54 Å². The van der Waals surface area contributed by atoms with Gasteiger partial charge in [-0.3, -0.25) is 4.79 Å². The van der Waals surface area contributed by atoms with Crippen LogP contribution in [-0.4, -0.2) is 23.5 Å².